The lowest BCUT2D eigenvalue weighted by Crippen LogP contribution is -2.34. The molecule has 1 rings (SSSR count). The van der Waals surface area contributed by atoms with Gasteiger partial charge in [-0.15, -0.1) is 0 Å². The predicted octanol–water partition coefficient (Wildman–Crippen LogP) is 4.07. The highest BCUT2D eigenvalue weighted by molar-refractivity contribution is 6.33. The molecule has 106 valence electrons. The summed E-state index contributed by atoms with van der Waals surface area (Å²) in [6.45, 7) is 7.21. The zero-order valence-corrected chi connectivity index (χ0v) is 12.8. The summed E-state index contributed by atoms with van der Waals surface area (Å²) in [5.74, 6) is -0.129. The van der Waals surface area contributed by atoms with Crippen LogP contribution in [-0.2, 0) is 0 Å². The molecule has 4 heteroatoms. The van der Waals surface area contributed by atoms with Crippen molar-refractivity contribution >= 4 is 17.5 Å². The van der Waals surface area contributed by atoms with E-state index in [-0.39, 0.29) is 11.3 Å². The number of nitrogens with zero attached hydrogens (tertiary/aromatic N) is 1. The number of pyridine rings is 1. The summed E-state index contributed by atoms with van der Waals surface area (Å²) in [6.07, 6.45) is 7.85. The molecule has 1 heterocycles. The number of rotatable bonds is 7. The first-order valence-corrected chi connectivity index (χ1v) is 7.22. The molecule has 0 fully saturated rings. The molecule has 0 aliphatic carbocycles. The highest BCUT2D eigenvalue weighted by atomic mass is 35.5. The molecule has 0 atom stereocenters. The molecule has 0 radical (unpaired) electrons. The Kier molecular flexibility index (Phi) is 6.29. The fourth-order valence-electron chi connectivity index (χ4n) is 1.92. The molecule has 1 amide bonds. The fraction of sp³-hybridized carbons (Fsp3) is 0.600. The molecule has 1 aromatic heterocycles. The Bertz CT molecular complexity index is 418. The minimum Gasteiger partial charge on any atom is -0.351 e. The average Bonchev–Trinajstić information content (AvgIpc) is 2.37. The summed E-state index contributed by atoms with van der Waals surface area (Å²) < 4.78 is 0. The maximum Gasteiger partial charge on any atom is 0.252 e. The van der Waals surface area contributed by atoms with E-state index < -0.39 is 0 Å². The van der Waals surface area contributed by atoms with Crippen molar-refractivity contribution in [3.63, 3.8) is 0 Å². The lowest BCUT2D eigenvalue weighted by Gasteiger charge is -2.25. The lowest BCUT2D eigenvalue weighted by atomic mass is 9.87. The highest BCUT2D eigenvalue weighted by Gasteiger charge is 2.19. The van der Waals surface area contributed by atoms with Gasteiger partial charge >= 0.3 is 0 Å². The maximum atomic E-state index is 12.0. The molecule has 3 nitrogen and oxygen atoms in total. The van der Waals surface area contributed by atoms with Crippen molar-refractivity contribution in [3.05, 3.63) is 29.0 Å². The van der Waals surface area contributed by atoms with Crippen LogP contribution in [0, 0.1) is 5.41 Å². The van der Waals surface area contributed by atoms with Crippen molar-refractivity contribution in [2.75, 3.05) is 6.54 Å². The number of carbonyl (C=O) groups excluding carboxylic acids is 1. The van der Waals surface area contributed by atoms with Crippen molar-refractivity contribution in [1.29, 1.82) is 0 Å². The molecule has 0 spiro atoms. The van der Waals surface area contributed by atoms with Gasteiger partial charge in [-0.2, -0.15) is 0 Å². The van der Waals surface area contributed by atoms with Crippen molar-refractivity contribution in [2.24, 2.45) is 5.41 Å². The van der Waals surface area contributed by atoms with Gasteiger partial charge in [-0.3, -0.25) is 9.78 Å². The SMILES string of the molecule is CCCCCC(C)(C)CNC(=O)c1ccncc1Cl. The maximum absolute atomic E-state index is 12.0. The summed E-state index contributed by atoms with van der Waals surface area (Å²) >= 11 is 5.95. The van der Waals surface area contributed by atoms with Crippen molar-refractivity contribution in [2.45, 2.75) is 46.5 Å². The van der Waals surface area contributed by atoms with Gasteiger partial charge in [-0.05, 0) is 17.9 Å². The third-order valence-corrected chi connectivity index (χ3v) is 3.50. The molecule has 0 aliphatic heterocycles. The third-order valence-electron chi connectivity index (χ3n) is 3.20. The lowest BCUT2D eigenvalue weighted by molar-refractivity contribution is 0.0934. The van der Waals surface area contributed by atoms with E-state index in [0.717, 1.165) is 6.42 Å². The average molecular weight is 283 g/mol. The molecule has 0 saturated carbocycles. The second kappa shape index (κ2) is 7.49. The van der Waals surface area contributed by atoms with Gasteiger partial charge in [-0.25, -0.2) is 0 Å². The zero-order chi connectivity index (χ0) is 14.3. The second-order valence-corrected chi connectivity index (χ2v) is 6.07. The van der Waals surface area contributed by atoms with E-state index in [1.165, 1.54) is 25.5 Å². The Labute approximate surface area is 120 Å². The molecule has 19 heavy (non-hydrogen) atoms. The minimum absolute atomic E-state index is 0.115. The van der Waals surface area contributed by atoms with Crippen molar-refractivity contribution in [3.8, 4) is 0 Å². The van der Waals surface area contributed by atoms with E-state index in [1.54, 1.807) is 12.3 Å². The Hall–Kier alpha value is -1.09. The van der Waals surface area contributed by atoms with Gasteiger partial charge in [0.2, 0.25) is 0 Å². The van der Waals surface area contributed by atoms with Gasteiger partial charge in [0.1, 0.15) is 0 Å². The second-order valence-electron chi connectivity index (χ2n) is 5.66. The monoisotopic (exact) mass is 282 g/mol. The summed E-state index contributed by atoms with van der Waals surface area (Å²) in [4.78, 5) is 15.9. The van der Waals surface area contributed by atoms with Gasteiger partial charge < -0.3 is 5.32 Å². The Morgan fingerprint density at radius 2 is 2.16 bits per heavy atom. The first-order chi connectivity index (χ1) is 8.96. The smallest absolute Gasteiger partial charge is 0.252 e. The molecular weight excluding hydrogens is 260 g/mol. The first kappa shape index (κ1) is 16.0. The molecular formula is C15H23ClN2O. The van der Waals surface area contributed by atoms with Gasteiger partial charge in [-0.1, -0.05) is 51.6 Å². The van der Waals surface area contributed by atoms with Crippen LogP contribution in [0.2, 0.25) is 5.02 Å². The number of nitrogens with one attached hydrogen (secondary N) is 1. The third kappa shape index (κ3) is 5.60. The Morgan fingerprint density at radius 3 is 2.79 bits per heavy atom. The van der Waals surface area contributed by atoms with Crippen LogP contribution < -0.4 is 5.32 Å². The summed E-state index contributed by atoms with van der Waals surface area (Å²) in [7, 11) is 0. The molecule has 1 aromatic rings. The van der Waals surface area contributed by atoms with Crippen LogP contribution in [-0.4, -0.2) is 17.4 Å². The minimum atomic E-state index is -0.129. The molecule has 1 N–H and O–H groups in total. The standard InChI is InChI=1S/C15H23ClN2O/c1-4-5-6-8-15(2,3)11-18-14(19)12-7-9-17-10-13(12)16/h7,9-10H,4-6,8,11H2,1-3H3,(H,18,19). The van der Waals surface area contributed by atoms with Crippen LogP contribution in [0.15, 0.2) is 18.5 Å². The van der Waals surface area contributed by atoms with Gasteiger partial charge in [0.15, 0.2) is 0 Å². The van der Waals surface area contributed by atoms with E-state index in [4.69, 9.17) is 11.6 Å². The number of amides is 1. The van der Waals surface area contributed by atoms with Crippen LogP contribution in [0.25, 0.3) is 0 Å². The first-order valence-electron chi connectivity index (χ1n) is 6.84. The summed E-state index contributed by atoms with van der Waals surface area (Å²) in [5.41, 5.74) is 0.602. The molecule has 0 aliphatic rings. The van der Waals surface area contributed by atoms with E-state index in [2.05, 4.69) is 31.1 Å². The Morgan fingerprint density at radius 1 is 1.42 bits per heavy atom. The number of carbonyl (C=O) groups is 1. The van der Waals surface area contributed by atoms with Crippen molar-refractivity contribution < 1.29 is 4.79 Å². The van der Waals surface area contributed by atoms with Crippen LogP contribution in [0.3, 0.4) is 0 Å². The molecule has 0 saturated heterocycles. The normalized spacial score (nSPS) is 11.4. The number of halogens is 1. The van der Waals surface area contributed by atoms with Crippen LogP contribution >= 0.6 is 11.6 Å². The van der Waals surface area contributed by atoms with Crippen LogP contribution in [0.1, 0.15) is 56.8 Å². The molecule has 0 bridgehead atoms. The van der Waals surface area contributed by atoms with Crippen LogP contribution in [0.4, 0.5) is 0 Å². The van der Waals surface area contributed by atoms with E-state index in [0.29, 0.717) is 17.1 Å². The highest BCUT2D eigenvalue weighted by Crippen LogP contribution is 2.23. The number of hydrogen-bond donors (Lipinski definition) is 1. The number of hydrogen-bond acceptors (Lipinski definition) is 2. The number of unbranched alkanes of at least 4 members (excludes halogenated alkanes) is 2. The summed E-state index contributed by atoms with van der Waals surface area (Å²) in [6, 6.07) is 1.64. The Balaban J connectivity index is 2.47. The topological polar surface area (TPSA) is 42.0 Å². The van der Waals surface area contributed by atoms with E-state index in [9.17, 15) is 4.79 Å². The summed E-state index contributed by atoms with van der Waals surface area (Å²) in [5, 5.41) is 3.35. The fourth-order valence-corrected chi connectivity index (χ4v) is 2.12. The largest absolute Gasteiger partial charge is 0.351 e. The molecule has 0 unspecified atom stereocenters. The zero-order valence-electron chi connectivity index (χ0n) is 12.0. The van der Waals surface area contributed by atoms with Gasteiger partial charge in [0.05, 0.1) is 10.6 Å². The van der Waals surface area contributed by atoms with Gasteiger partial charge in [0, 0.05) is 18.9 Å². The van der Waals surface area contributed by atoms with E-state index >= 15 is 0 Å². The van der Waals surface area contributed by atoms with E-state index in [1.807, 2.05) is 0 Å². The molecule has 0 aromatic carbocycles. The van der Waals surface area contributed by atoms with Crippen molar-refractivity contribution in [1.82, 2.24) is 10.3 Å². The van der Waals surface area contributed by atoms with Crippen LogP contribution in [0.5, 0.6) is 0 Å². The number of aromatic nitrogens is 1. The quantitative estimate of drug-likeness (QED) is 0.766. The van der Waals surface area contributed by atoms with Gasteiger partial charge in [0.25, 0.3) is 5.91 Å². The predicted molar refractivity (Wildman–Crippen MR) is 79.5 cm³/mol.